The van der Waals surface area contributed by atoms with Gasteiger partial charge < -0.3 is 14.6 Å². The molecule has 5 nitrogen and oxygen atoms in total. The number of benzene rings is 3. The SMILES string of the molecule is CCOc1ccc(-c2sc3cc(O)ccc3c2C(=O)c2ccc(OCCN3CCCC3)cc2)cc1. The first kappa shape index (κ1) is 23.4. The summed E-state index contributed by atoms with van der Waals surface area (Å²) in [5, 5.41) is 10.9. The molecule has 0 spiro atoms. The molecule has 2 heterocycles. The van der Waals surface area contributed by atoms with Gasteiger partial charge in [-0.15, -0.1) is 11.3 Å². The fourth-order valence-electron chi connectivity index (χ4n) is 4.53. The van der Waals surface area contributed by atoms with E-state index in [2.05, 4.69) is 4.90 Å². The summed E-state index contributed by atoms with van der Waals surface area (Å²) in [5.41, 5.74) is 2.20. The number of phenolic OH excluding ortho intramolecular Hbond substituents is 1. The van der Waals surface area contributed by atoms with Crippen molar-refractivity contribution >= 4 is 27.2 Å². The lowest BCUT2D eigenvalue weighted by Crippen LogP contribution is -2.25. The molecule has 35 heavy (non-hydrogen) atoms. The number of hydrogen-bond acceptors (Lipinski definition) is 6. The van der Waals surface area contributed by atoms with Crippen molar-refractivity contribution in [2.24, 2.45) is 0 Å². The molecule has 1 aliphatic heterocycles. The lowest BCUT2D eigenvalue weighted by molar-refractivity contribution is 0.104. The Balaban J connectivity index is 1.41. The predicted octanol–water partition coefficient (Wildman–Crippen LogP) is 6.38. The minimum absolute atomic E-state index is 0.0468. The van der Waals surface area contributed by atoms with Gasteiger partial charge in [0.05, 0.1) is 6.61 Å². The number of likely N-dealkylation sites (tertiary alicyclic amines) is 1. The number of carbonyl (C=O) groups is 1. The highest BCUT2D eigenvalue weighted by Crippen LogP contribution is 2.41. The van der Waals surface area contributed by atoms with Gasteiger partial charge >= 0.3 is 0 Å². The lowest BCUT2D eigenvalue weighted by atomic mass is 9.97. The summed E-state index contributed by atoms with van der Waals surface area (Å²) in [4.78, 5) is 17.0. The maximum Gasteiger partial charge on any atom is 0.195 e. The minimum atomic E-state index is -0.0468. The van der Waals surface area contributed by atoms with E-state index in [1.807, 2.05) is 61.5 Å². The average Bonchev–Trinajstić information content (AvgIpc) is 3.52. The van der Waals surface area contributed by atoms with Crippen LogP contribution in [0.1, 0.15) is 35.7 Å². The number of hydrogen-bond donors (Lipinski definition) is 1. The van der Waals surface area contributed by atoms with Gasteiger partial charge in [-0.1, -0.05) is 0 Å². The number of aromatic hydroxyl groups is 1. The molecule has 1 fully saturated rings. The van der Waals surface area contributed by atoms with E-state index in [1.165, 1.54) is 24.2 Å². The standard InChI is InChI=1S/C29H29NO4S/c1-2-33-23-12-7-21(8-13-23)29-27(25-14-9-22(31)19-26(25)35-29)28(32)20-5-10-24(11-6-20)34-18-17-30-15-3-4-16-30/h5-14,19,31H,2-4,15-18H2,1H3. The monoisotopic (exact) mass is 487 g/mol. The second kappa shape index (κ2) is 10.5. The maximum atomic E-state index is 13.7. The Morgan fingerprint density at radius 2 is 1.63 bits per heavy atom. The first-order valence-electron chi connectivity index (χ1n) is 12.1. The Kier molecular flexibility index (Phi) is 7.02. The maximum absolute atomic E-state index is 13.7. The molecular formula is C29H29NO4S. The highest BCUT2D eigenvalue weighted by molar-refractivity contribution is 7.22. The van der Waals surface area contributed by atoms with Gasteiger partial charge in [-0.3, -0.25) is 9.69 Å². The molecule has 0 unspecified atom stereocenters. The van der Waals surface area contributed by atoms with Crippen molar-refractivity contribution in [1.29, 1.82) is 0 Å². The number of nitrogens with zero attached hydrogens (tertiary/aromatic N) is 1. The highest BCUT2D eigenvalue weighted by atomic mass is 32.1. The Labute approximate surface area is 209 Å². The van der Waals surface area contributed by atoms with Crippen LogP contribution in [-0.2, 0) is 0 Å². The van der Waals surface area contributed by atoms with Crippen LogP contribution in [0.25, 0.3) is 20.5 Å². The van der Waals surface area contributed by atoms with Crippen molar-refractivity contribution in [3.05, 3.63) is 77.9 Å². The third-order valence-electron chi connectivity index (χ3n) is 6.32. The van der Waals surface area contributed by atoms with E-state index in [0.717, 1.165) is 51.7 Å². The van der Waals surface area contributed by atoms with E-state index >= 15 is 0 Å². The zero-order chi connectivity index (χ0) is 24.2. The second-order valence-electron chi connectivity index (χ2n) is 8.69. The molecule has 180 valence electrons. The van der Waals surface area contributed by atoms with Crippen LogP contribution in [-0.4, -0.2) is 48.6 Å². The molecular weight excluding hydrogens is 458 g/mol. The molecule has 5 rings (SSSR count). The van der Waals surface area contributed by atoms with Crippen molar-refractivity contribution in [3.8, 4) is 27.7 Å². The van der Waals surface area contributed by atoms with Crippen molar-refractivity contribution in [2.75, 3.05) is 32.8 Å². The van der Waals surface area contributed by atoms with Gasteiger partial charge in [0.2, 0.25) is 0 Å². The van der Waals surface area contributed by atoms with Gasteiger partial charge in [0, 0.05) is 32.6 Å². The highest BCUT2D eigenvalue weighted by Gasteiger charge is 2.22. The van der Waals surface area contributed by atoms with Crippen molar-refractivity contribution in [1.82, 2.24) is 4.90 Å². The van der Waals surface area contributed by atoms with Crippen LogP contribution < -0.4 is 9.47 Å². The van der Waals surface area contributed by atoms with E-state index in [-0.39, 0.29) is 11.5 Å². The number of rotatable bonds is 9. The van der Waals surface area contributed by atoms with Crippen LogP contribution in [0.4, 0.5) is 0 Å². The Morgan fingerprint density at radius 3 is 2.34 bits per heavy atom. The molecule has 3 aromatic carbocycles. The molecule has 1 aliphatic rings. The molecule has 0 bridgehead atoms. The fourth-order valence-corrected chi connectivity index (χ4v) is 5.77. The molecule has 1 aromatic heterocycles. The summed E-state index contributed by atoms with van der Waals surface area (Å²) in [5.74, 6) is 1.71. The smallest absolute Gasteiger partial charge is 0.195 e. The zero-order valence-electron chi connectivity index (χ0n) is 19.8. The molecule has 0 saturated carbocycles. The number of ketones is 1. The van der Waals surface area contributed by atoms with Gasteiger partial charge in [0.25, 0.3) is 0 Å². The third kappa shape index (κ3) is 5.19. The van der Waals surface area contributed by atoms with Gasteiger partial charge in [-0.05, 0) is 105 Å². The van der Waals surface area contributed by atoms with Gasteiger partial charge in [0.15, 0.2) is 5.78 Å². The molecule has 0 atom stereocenters. The van der Waals surface area contributed by atoms with E-state index < -0.39 is 0 Å². The average molecular weight is 488 g/mol. The first-order chi connectivity index (χ1) is 17.1. The second-order valence-corrected chi connectivity index (χ2v) is 9.75. The van der Waals surface area contributed by atoms with Crippen LogP contribution in [0.3, 0.4) is 0 Å². The Bertz CT molecular complexity index is 1310. The first-order valence-corrected chi connectivity index (χ1v) is 12.9. The summed E-state index contributed by atoms with van der Waals surface area (Å²) in [6.07, 6.45) is 2.54. The number of phenols is 1. The van der Waals surface area contributed by atoms with Crippen molar-refractivity contribution in [3.63, 3.8) is 0 Å². The van der Waals surface area contributed by atoms with Crippen LogP contribution in [0.5, 0.6) is 17.2 Å². The van der Waals surface area contributed by atoms with E-state index in [4.69, 9.17) is 9.47 Å². The molecule has 6 heteroatoms. The Morgan fingerprint density at radius 1 is 0.943 bits per heavy atom. The summed E-state index contributed by atoms with van der Waals surface area (Å²) >= 11 is 1.51. The quantitative estimate of drug-likeness (QED) is 0.278. The normalized spacial score (nSPS) is 13.9. The summed E-state index contributed by atoms with van der Waals surface area (Å²) in [6.45, 7) is 6.43. The predicted molar refractivity (Wildman–Crippen MR) is 141 cm³/mol. The molecule has 4 aromatic rings. The van der Waals surface area contributed by atoms with Crippen LogP contribution in [0, 0.1) is 0 Å². The summed E-state index contributed by atoms with van der Waals surface area (Å²) < 4.78 is 12.4. The van der Waals surface area contributed by atoms with E-state index in [1.54, 1.807) is 12.1 Å². The topological polar surface area (TPSA) is 59.0 Å². The number of thiophene rings is 1. The minimum Gasteiger partial charge on any atom is -0.508 e. The largest absolute Gasteiger partial charge is 0.508 e. The Hall–Kier alpha value is -3.35. The van der Waals surface area contributed by atoms with Crippen molar-refractivity contribution < 1.29 is 19.4 Å². The van der Waals surface area contributed by atoms with Gasteiger partial charge in [-0.2, -0.15) is 0 Å². The van der Waals surface area contributed by atoms with Crippen LogP contribution in [0.2, 0.25) is 0 Å². The molecule has 1 N–H and O–H groups in total. The van der Waals surface area contributed by atoms with E-state index in [0.29, 0.717) is 24.3 Å². The van der Waals surface area contributed by atoms with Gasteiger partial charge in [0.1, 0.15) is 23.9 Å². The van der Waals surface area contributed by atoms with Crippen LogP contribution in [0.15, 0.2) is 66.7 Å². The number of fused-ring (bicyclic) bond motifs is 1. The molecule has 0 aliphatic carbocycles. The number of carbonyl (C=O) groups excluding carboxylic acids is 1. The molecule has 1 saturated heterocycles. The fraction of sp³-hybridized carbons (Fsp3) is 0.276. The third-order valence-corrected chi connectivity index (χ3v) is 7.52. The summed E-state index contributed by atoms with van der Waals surface area (Å²) in [7, 11) is 0. The van der Waals surface area contributed by atoms with Crippen molar-refractivity contribution in [2.45, 2.75) is 19.8 Å². The van der Waals surface area contributed by atoms with Gasteiger partial charge in [-0.25, -0.2) is 0 Å². The van der Waals surface area contributed by atoms with E-state index in [9.17, 15) is 9.90 Å². The lowest BCUT2D eigenvalue weighted by Gasteiger charge is -2.15. The molecule has 0 radical (unpaired) electrons. The zero-order valence-corrected chi connectivity index (χ0v) is 20.6. The number of ether oxygens (including phenoxy) is 2. The molecule has 0 amide bonds. The summed E-state index contributed by atoms with van der Waals surface area (Å²) in [6, 6.07) is 20.4. The van der Waals surface area contributed by atoms with Crippen LogP contribution >= 0.6 is 11.3 Å².